The number of aryl methyl sites for hydroxylation is 2. The molecule has 0 spiro atoms. The molecule has 0 saturated carbocycles. The van der Waals surface area contributed by atoms with Gasteiger partial charge in [0.1, 0.15) is 0 Å². The van der Waals surface area contributed by atoms with Crippen molar-refractivity contribution < 1.29 is 9.90 Å². The number of carbonyl (C=O) groups excluding carboxylic acids is 1. The Balaban J connectivity index is 2.40. The van der Waals surface area contributed by atoms with E-state index in [0.29, 0.717) is 19.4 Å². The highest BCUT2D eigenvalue weighted by atomic mass is 16.3. The van der Waals surface area contributed by atoms with E-state index in [2.05, 4.69) is 10.4 Å². The molecule has 1 aromatic rings. The zero-order chi connectivity index (χ0) is 13.7. The number of nitrogens with zero attached hydrogens (tertiary/aromatic N) is 2. The first kappa shape index (κ1) is 14.7. The lowest BCUT2D eigenvalue weighted by Gasteiger charge is -2.07. The standard InChI is InChI=1S/C13H23N3O2/c1-9(17)6-5-7-14-13(18)8-12-10(2)15-16(4)11(12)3/h9,17H,5-8H2,1-4H3,(H,14,18). The number of carbonyl (C=O) groups is 1. The Morgan fingerprint density at radius 3 is 2.67 bits per heavy atom. The molecule has 0 saturated heterocycles. The van der Waals surface area contributed by atoms with Crippen LogP contribution >= 0.6 is 0 Å². The van der Waals surface area contributed by atoms with Gasteiger partial charge in [-0.25, -0.2) is 0 Å². The van der Waals surface area contributed by atoms with Gasteiger partial charge in [-0.1, -0.05) is 0 Å². The van der Waals surface area contributed by atoms with Gasteiger partial charge in [-0.2, -0.15) is 5.10 Å². The van der Waals surface area contributed by atoms with Crippen LogP contribution in [0.2, 0.25) is 0 Å². The van der Waals surface area contributed by atoms with E-state index in [1.54, 1.807) is 11.6 Å². The SMILES string of the molecule is Cc1nn(C)c(C)c1CC(=O)NCCCC(C)O. The molecule has 18 heavy (non-hydrogen) atoms. The molecule has 1 rings (SSSR count). The van der Waals surface area contributed by atoms with Crippen LogP contribution in [0.4, 0.5) is 0 Å². The number of aromatic nitrogens is 2. The molecule has 0 bridgehead atoms. The highest BCUT2D eigenvalue weighted by Crippen LogP contribution is 2.12. The van der Waals surface area contributed by atoms with Gasteiger partial charge >= 0.3 is 0 Å². The summed E-state index contributed by atoms with van der Waals surface area (Å²) in [6.07, 6.45) is 1.59. The second-order valence-electron chi connectivity index (χ2n) is 4.79. The zero-order valence-electron chi connectivity index (χ0n) is 11.7. The van der Waals surface area contributed by atoms with Crippen molar-refractivity contribution in [3.8, 4) is 0 Å². The summed E-state index contributed by atoms with van der Waals surface area (Å²) >= 11 is 0. The highest BCUT2D eigenvalue weighted by Gasteiger charge is 2.12. The molecule has 5 nitrogen and oxygen atoms in total. The van der Waals surface area contributed by atoms with Crippen molar-refractivity contribution in [2.45, 2.75) is 46.1 Å². The van der Waals surface area contributed by atoms with Gasteiger partial charge in [0, 0.05) is 24.8 Å². The average Bonchev–Trinajstić information content (AvgIpc) is 2.51. The summed E-state index contributed by atoms with van der Waals surface area (Å²) in [4.78, 5) is 11.8. The molecule has 0 aliphatic rings. The maximum Gasteiger partial charge on any atom is 0.224 e. The summed E-state index contributed by atoms with van der Waals surface area (Å²) in [5.41, 5.74) is 2.95. The van der Waals surface area contributed by atoms with Gasteiger partial charge in [0.05, 0.1) is 18.2 Å². The van der Waals surface area contributed by atoms with E-state index in [9.17, 15) is 4.79 Å². The van der Waals surface area contributed by atoms with Crippen LogP contribution in [0, 0.1) is 13.8 Å². The fourth-order valence-corrected chi connectivity index (χ4v) is 1.92. The van der Waals surface area contributed by atoms with E-state index < -0.39 is 0 Å². The lowest BCUT2D eigenvalue weighted by atomic mass is 10.1. The Morgan fingerprint density at radius 2 is 2.17 bits per heavy atom. The molecule has 0 aliphatic heterocycles. The minimum absolute atomic E-state index is 0.0137. The lowest BCUT2D eigenvalue weighted by Crippen LogP contribution is -2.27. The van der Waals surface area contributed by atoms with E-state index in [0.717, 1.165) is 23.4 Å². The van der Waals surface area contributed by atoms with Crippen molar-refractivity contribution in [2.75, 3.05) is 6.54 Å². The smallest absolute Gasteiger partial charge is 0.224 e. The van der Waals surface area contributed by atoms with Gasteiger partial charge in [0.15, 0.2) is 0 Å². The van der Waals surface area contributed by atoms with Gasteiger partial charge in [-0.15, -0.1) is 0 Å². The zero-order valence-corrected chi connectivity index (χ0v) is 11.7. The largest absolute Gasteiger partial charge is 0.393 e. The predicted molar refractivity (Wildman–Crippen MR) is 70.3 cm³/mol. The number of hydrogen-bond acceptors (Lipinski definition) is 3. The third kappa shape index (κ3) is 4.14. The maximum atomic E-state index is 11.8. The molecule has 1 unspecified atom stereocenters. The van der Waals surface area contributed by atoms with Crippen LogP contribution in [0.25, 0.3) is 0 Å². The fraction of sp³-hybridized carbons (Fsp3) is 0.692. The molecule has 2 N–H and O–H groups in total. The molecule has 0 radical (unpaired) electrons. The van der Waals surface area contributed by atoms with Crippen molar-refractivity contribution in [3.05, 3.63) is 17.0 Å². The Kier molecular flexibility index (Phi) is 5.34. The van der Waals surface area contributed by atoms with Crippen molar-refractivity contribution >= 4 is 5.91 Å². The summed E-state index contributed by atoms with van der Waals surface area (Å²) in [6.45, 7) is 6.26. The van der Waals surface area contributed by atoms with Crippen molar-refractivity contribution in [2.24, 2.45) is 7.05 Å². The van der Waals surface area contributed by atoms with Crippen LogP contribution in [0.5, 0.6) is 0 Å². The van der Waals surface area contributed by atoms with Gasteiger partial charge in [-0.05, 0) is 33.6 Å². The molecule has 1 atom stereocenters. The molecular weight excluding hydrogens is 230 g/mol. The predicted octanol–water partition coefficient (Wildman–Crippen LogP) is 0.857. The molecular formula is C13H23N3O2. The summed E-state index contributed by atoms with van der Waals surface area (Å²) in [6, 6.07) is 0. The molecule has 0 fully saturated rings. The number of hydrogen-bond donors (Lipinski definition) is 2. The van der Waals surface area contributed by atoms with Crippen LogP contribution in [0.3, 0.4) is 0 Å². The van der Waals surface area contributed by atoms with Gasteiger partial charge in [0.2, 0.25) is 5.91 Å². The Morgan fingerprint density at radius 1 is 1.50 bits per heavy atom. The maximum absolute atomic E-state index is 11.8. The highest BCUT2D eigenvalue weighted by molar-refractivity contribution is 5.79. The number of aliphatic hydroxyl groups is 1. The molecule has 1 heterocycles. The fourth-order valence-electron chi connectivity index (χ4n) is 1.92. The van der Waals surface area contributed by atoms with Gasteiger partial charge in [-0.3, -0.25) is 9.48 Å². The van der Waals surface area contributed by atoms with Crippen molar-refractivity contribution in [1.82, 2.24) is 15.1 Å². The first-order valence-corrected chi connectivity index (χ1v) is 6.35. The molecule has 102 valence electrons. The van der Waals surface area contributed by atoms with Crippen LogP contribution in [0.15, 0.2) is 0 Å². The van der Waals surface area contributed by atoms with Crippen LogP contribution < -0.4 is 5.32 Å². The minimum Gasteiger partial charge on any atom is -0.393 e. The van der Waals surface area contributed by atoms with Crippen LogP contribution in [-0.4, -0.2) is 33.4 Å². The van der Waals surface area contributed by atoms with E-state index in [1.807, 2.05) is 20.9 Å². The van der Waals surface area contributed by atoms with Crippen LogP contribution in [-0.2, 0) is 18.3 Å². The number of nitrogens with one attached hydrogen (secondary N) is 1. The first-order valence-electron chi connectivity index (χ1n) is 6.35. The summed E-state index contributed by atoms with van der Waals surface area (Å²) in [5, 5.41) is 16.3. The Bertz CT molecular complexity index is 411. The number of amides is 1. The monoisotopic (exact) mass is 253 g/mol. The topological polar surface area (TPSA) is 67.2 Å². The Labute approximate surface area is 108 Å². The third-order valence-corrected chi connectivity index (χ3v) is 3.12. The quantitative estimate of drug-likeness (QED) is 0.739. The molecule has 5 heteroatoms. The van der Waals surface area contributed by atoms with E-state index in [-0.39, 0.29) is 12.0 Å². The number of rotatable bonds is 6. The average molecular weight is 253 g/mol. The summed E-state index contributed by atoms with van der Waals surface area (Å²) in [5.74, 6) is 0.0137. The normalized spacial score (nSPS) is 12.5. The van der Waals surface area contributed by atoms with Gasteiger partial charge < -0.3 is 10.4 Å². The molecule has 1 aromatic heterocycles. The first-order chi connectivity index (χ1) is 8.41. The van der Waals surface area contributed by atoms with E-state index in [1.165, 1.54) is 0 Å². The second kappa shape index (κ2) is 6.54. The minimum atomic E-state index is -0.301. The lowest BCUT2D eigenvalue weighted by molar-refractivity contribution is -0.120. The summed E-state index contributed by atoms with van der Waals surface area (Å²) in [7, 11) is 1.88. The number of aliphatic hydroxyl groups excluding tert-OH is 1. The van der Waals surface area contributed by atoms with Gasteiger partial charge in [0.25, 0.3) is 0 Å². The molecule has 0 aromatic carbocycles. The van der Waals surface area contributed by atoms with Crippen molar-refractivity contribution in [3.63, 3.8) is 0 Å². The molecule has 1 amide bonds. The third-order valence-electron chi connectivity index (χ3n) is 3.12. The van der Waals surface area contributed by atoms with Crippen molar-refractivity contribution in [1.29, 1.82) is 0 Å². The molecule has 0 aliphatic carbocycles. The second-order valence-corrected chi connectivity index (χ2v) is 4.79. The van der Waals surface area contributed by atoms with E-state index in [4.69, 9.17) is 5.11 Å². The summed E-state index contributed by atoms with van der Waals surface area (Å²) < 4.78 is 1.80. The van der Waals surface area contributed by atoms with E-state index >= 15 is 0 Å². The Hall–Kier alpha value is -1.36. The van der Waals surface area contributed by atoms with Crippen LogP contribution in [0.1, 0.15) is 36.7 Å².